The van der Waals surface area contributed by atoms with Gasteiger partial charge in [0.25, 0.3) is 0 Å². The number of anilines is 2. The molecule has 2 nitrogen and oxygen atoms in total. The first-order valence-electron chi connectivity index (χ1n) is 4.61. The first-order chi connectivity index (χ1) is 6.45. The quantitative estimate of drug-likeness (QED) is 0.709. The number of hydrogen-bond acceptors (Lipinski definition) is 4. The summed E-state index contributed by atoms with van der Waals surface area (Å²) in [4.78, 5) is 2.58. The van der Waals surface area contributed by atoms with Crippen LogP contribution in [0.4, 0.5) is 10.7 Å². The van der Waals surface area contributed by atoms with E-state index in [-0.39, 0.29) is 0 Å². The summed E-state index contributed by atoms with van der Waals surface area (Å²) in [5, 5.41) is 7.13. The van der Waals surface area contributed by atoms with Crippen LogP contribution in [-0.4, -0.2) is 30.6 Å². The number of nitrogens with zero attached hydrogens (tertiary/aromatic N) is 1. The summed E-state index contributed by atoms with van der Waals surface area (Å²) in [6.07, 6.45) is 0. The molecule has 70 valence electrons. The van der Waals surface area contributed by atoms with Crippen molar-refractivity contribution in [2.75, 3.05) is 34.8 Å². The molecule has 0 aromatic carbocycles. The number of fused-ring (bicyclic) bond motifs is 3. The Bertz CT molecular complexity index is 310. The van der Waals surface area contributed by atoms with Crippen LogP contribution in [-0.2, 0) is 0 Å². The summed E-state index contributed by atoms with van der Waals surface area (Å²) >= 11 is 3.95. The van der Waals surface area contributed by atoms with E-state index in [1.54, 1.807) is 0 Å². The van der Waals surface area contributed by atoms with Gasteiger partial charge in [0.05, 0.1) is 11.7 Å². The topological polar surface area (TPSA) is 15.3 Å². The lowest BCUT2D eigenvalue weighted by Crippen LogP contribution is -2.48. The fourth-order valence-electron chi connectivity index (χ4n) is 1.98. The van der Waals surface area contributed by atoms with Crippen molar-refractivity contribution in [2.24, 2.45) is 0 Å². The predicted molar refractivity (Wildman–Crippen MR) is 61.3 cm³/mol. The number of rotatable bonds is 0. The molecule has 13 heavy (non-hydrogen) atoms. The summed E-state index contributed by atoms with van der Waals surface area (Å²) in [6, 6.07) is 2.92. The van der Waals surface area contributed by atoms with Gasteiger partial charge in [-0.15, -0.1) is 11.3 Å². The zero-order valence-corrected chi connectivity index (χ0v) is 8.96. The molecule has 1 atom stereocenters. The molecular weight excluding hydrogens is 200 g/mol. The van der Waals surface area contributed by atoms with Gasteiger partial charge in [-0.2, -0.15) is 11.8 Å². The van der Waals surface area contributed by atoms with Crippen LogP contribution in [0.3, 0.4) is 0 Å². The van der Waals surface area contributed by atoms with Crippen LogP contribution in [0.15, 0.2) is 11.4 Å². The third kappa shape index (κ3) is 1.23. The molecular formula is C9H12N2S2. The van der Waals surface area contributed by atoms with Crippen LogP contribution < -0.4 is 10.2 Å². The normalized spacial score (nSPS) is 26.2. The predicted octanol–water partition coefficient (Wildman–Crippen LogP) is 2.10. The maximum atomic E-state index is 3.50. The molecule has 0 spiro atoms. The van der Waals surface area contributed by atoms with E-state index in [1.165, 1.54) is 28.7 Å². The van der Waals surface area contributed by atoms with E-state index < -0.39 is 0 Å². The van der Waals surface area contributed by atoms with Gasteiger partial charge in [0.1, 0.15) is 5.00 Å². The molecule has 1 fully saturated rings. The molecule has 3 heterocycles. The molecule has 1 aromatic rings. The number of nitrogens with one attached hydrogen (secondary N) is 1. The Morgan fingerprint density at radius 1 is 1.54 bits per heavy atom. The maximum absolute atomic E-state index is 3.50. The van der Waals surface area contributed by atoms with Crippen LogP contribution in [0.5, 0.6) is 0 Å². The van der Waals surface area contributed by atoms with E-state index in [2.05, 4.69) is 33.4 Å². The molecule has 0 radical (unpaired) electrons. The summed E-state index contributed by atoms with van der Waals surface area (Å²) in [7, 11) is 0. The molecule has 0 aliphatic carbocycles. The highest BCUT2D eigenvalue weighted by molar-refractivity contribution is 7.99. The van der Waals surface area contributed by atoms with Crippen molar-refractivity contribution in [3.63, 3.8) is 0 Å². The van der Waals surface area contributed by atoms with E-state index in [0.29, 0.717) is 0 Å². The minimum Gasteiger partial charge on any atom is -0.381 e. The van der Waals surface area contributed by atoms with Crippen molar-refractivity contribution in [3.8, 4) is 0 Å². The molecule has 2 aliphatic rings. The Balaban J connectivity index is 1.97. The van der Waals surface area contributed by atoms with E-state index in [9.17, 15) is 0 Å². The number of thioether (sulfide) groups is 1. The van der Waals surface area contributed by atoms with Crippen LogP contribution in [0.2, 0.25) is 0 Å². The molecule has 0 bridgehead atoms. The van der Waals surface area contributed by atoms with E-state index in [1.807, 2.05) is 11.3 Å². The van der Waals surface area contributed by atoms with Gasteiger partial charge in [0.15, 0.2) is 0 Å². The molecule has 1 aromatic heterocycles. The summed E-state index contributed by atoms with van der Waals surface area (Å²) in [5.41, 5.74) is 1.34. The second kappa shape index (κ2) is 3.10. The monoisotopic (exact) mass is 212 g/mol. The van der Waals surface area contributed by atoms with Crippen LogP contribution >= 0.6 is 23.1 Å². The SMILES string of the molecule is c1cc2c(s1)N1CCSCC1CN2. The Morgan fingerprint density at radius 3 is 3.54 bits per heavy atom. The van der Waals surface area contributed by atoms with Gasteiger partial charge in [0.2, 0.25) is 0 Å². The lowest BCUT2D eigenvalue weighted by molar-refractivity contribution is 0.662. The zero-order chi connectivity index (χ0) is 8.67. The highest BCUT2D eigenvalue weighted by Gasteiger charge is 2.29. The molecule has 1 unspecified atom stereocenters. The Hall–Kier alpha value is -0.350. The maximum Gasteiger partial charge on any atom is 0.115 e. The largest absolute Gasteiger partial charge is 0.381 e. The second-order valence-electron chi connectivity index (χ2n) is 3.44. The second-order valence-corrected chi connectivity index (χ2v) is 5.49. The summed E-state index contributed by atoms with van der Waals surface area (Å²) < 4.78 is 0. The van der Waals surface area contributed by atoms with Crippen molar-refractivity contribution in [1.29, 1.82) is 0 Å². The Morgan fingerprint density at radius 2 is 2.54 bits per heavy atom. The van der Waals surface area contributed by atoms with E-state index in [4.69, 9.17) is 0 Å². The molecule has 4 heteroatoms. The highest BCUT2D eigenvalue weighted by Crippen LogP contribution is 2.38. The van der Waals surface area contributed by atoms with E-state index in [0.717, 1.165) is 12.6 Å². The average molecular weight is 212 g/mol. The van der Waals surface area contributed by atoms with Crippen molar-refractivity contribution >= 4 is 33.8 Å². The Labute approximate surface area is 86.3 Å². The van der Waals surface area contributed by atoms with E-state index >= 15 is 0 Å². The minimum absolute atomic E-state index is 0.727. The Kier molecular flexibility index (Phi) is 1.91. The first kappa shape index (κ1) is 8.00. The van der Waals surface area contributed by atoms with Gasteiger partial charge in [-0.05, 0) is 11.4 Å². The molecule has 1 N–H and O–H groups in total. The minimum atomic E-state index is 0.727. The van der Waals surface area contributed by atoms with Crippen LogP contribution in [0.25, 0.3) is 0 Å². The smallest absolute Gasteiger partial charge is 0.115 e. The molecule has 0 saturated carbocycles. The fraction of sp³-hybridized carbons (Fsp3) is 0.556. The van der Waals surface area contributed by atoms with Crippen LogP contribution in [0.1, 0.15) is 0 Å². The summed E-state index contributed by atoms with van der Waals surface area (Å²) in [6.45, 7) is 2.35. The van der Waals surface area contributed by atoms with Crippen molar-refractivity contribution < 1.29 is 0 Å². The number of thiophene rings is 1. The highest BCUT2D eigenvalue weighted by atomic mass is 32.2. The van der Waals surface area contributed by atoms with Gasteiger partial charge in [0, 0.05) is 24.6 Å². The standard InChI is InChI=1S/C9H12N2S2/c1-3-13-9-8(1)10-5-7-6-12-4-2-11(7)9/h1,3,7,10H,2,4-6H2. The zero-order valence-electron chi connectivity index (χ0n) is 7.32. The third-order valence-corrected chi connectivity index (χ3v) is 4.70. The average Bonchev–Trinajstić information content (AvgIpc) is 2.65. The molecule has 1 saturated heterocycles. The lowest BCUT2D eigenvalue weighted by Gasteiger charge is -2.40. The van der Waals surface area contributed by atoms with Gasteiger partial charge in [-0.1, -0.05) is 0 Å². The van der Waals surface area contributed by atoms with Crippen molar-refractivity contribution in [1.82, 2.24) is 0 Å². The van der Waals surface area contributed by atoms with Gasteiger partial charge < -0.3 is 10.2 Å². The van der Waals surface area contributed by atoms with Gasteiger partial charge in [-0.3, -0.25) is 0 Å². The summed E-state index contributed by atoms with van der Waals surface area (Å²) in [5.74, 6) is 2.57. The molecule has 3 rings (SSSR count). The lowest BCUT2D eigenvalue weighted by atomic mass is 10.2. The number of hydrogen-bond donors (Lipinski definition) is 1. The molecule has 0 amide bonds. The third-order valence-electron chi connectivity index (χ3n) is 2.66. The van der Waals surface area contributed by atoms with Crippen LogP contribution in [0, 0.1) is 0 Å². The fourth-order valence-corrected chi connectivity index (χ4v) is 4.02. The van der Waals surface area contributed by atoms with Gasteiger partial charge in [-0.25, -0.2) is 0 Å². The first-order valence-corrected chi connectivity index (χ1v) is 6.64. The van der Waals surface area contributed by atoms with Crippen molar-refractivity contribution in [2.45, 2.75) is 6.04 Å². The van der Waals surface area contributed by atoms with Crippen molar-refractivity contribution in [3.05, 3.63) is 11.4 Å². The molecule has 2 aliphatic heterocycles. The van der Waals surface area contributed by atoms with Gasteiger partial charge >= 0.3 is 0 Å².